The van der Waals surface area contributed by atoms with Gasteiger partial charge in [0.1, 0.15) is 0 Å². The third kappa shape index (κ3) is 3.11. The van der Waals surface area contributed by atoms with Crippen LogP contribution in [0, 0.1) is 0 Å². The van der Waals surface area contributed by atoms with Gasteiger partial charge < -0.3 is 4.74 Å². The van der Waals surface area contributed by atoms with Gasteiger partial charge in [-0.05, 0) is 26.2 Å². The molecule has 1 aromatic rings. The van der Waals surface area contributed by atoms with E-state index in [4.69, 9.17) is 22.2 Å². The van der Waals surface area contributed by atoms with Gasteiger partial charge in [-0.2, -0.15) is 5.10 Å². The van der Waals surface area contributed by atoms with E-state index in [-0.39, 0.29) is 12.1 Å². The molecule has 0 amide bonds. The van der Waals surface area contributed by atoms with Crippen LogP contribution in [0.1, 0.15) is 38.1 Å². The summed E-state index contributed by atoms with van der Waals surface area (Å²) in [6.07, 6.45) is 3.92. The number of aryl methyl sites for hydroxylation is 2. The molecule has 19 heavy (non-hydrogen) atoms. The fourth-order valence-electron chi connectivity index (χ4n) is 2.64. The van der Waals surface area contributed by atoms with Crippen molar-refractivity contribution in [2.75, 3.05) is 6.61 Å². The van der Waals surface area contributed by atoms with Crippen molar-refractivity contribution in [1.82, 2.24) is 15.2 Å². The van der Waals surface area contributed by atoms with Crippen LogP contribution in [-0.2, 0) is 24.1 Å². The molecule has 0 aromatic carbocycles. The number of hydrogen-bond acceptors (Lipinski definition) is 4. The van der Waals surface area contributed by atoms with Gasteiger partial charge in [0.05, 0.1) is 28.6 Å². The summed E-state index contributed by atoms with van der Waals surface area (Å²) in [6, 6.07) is 0.0895. The number of nitrogens with two attached hydrogens (primary N) is 1. The highest BCUT2D eigenvalue weighted by Gasteiger charge is 2.27. The molecule has 6 heteroatoms. The number of hydrogen-bond donors (Lipinski definition) is 2. The van der Waals surface area contributed by atoms with Gasteiger partial charge in [0, 0.05) is 19.6 Å². The lowest BCUT2D eigenvalue weighted by Gasteiger charge is -2.22. The molecule has 1 aromatic heterocycles. The van der Waals surface area contributed by atoms with Crippen LogP contribution in [0.2, 0.25) is 5.02 Å². The first-order valence-electron chi connectivity index (χ1n) is 7.03. The van der Waals surface area contributed by atoms with Crippen LogP contribution < -0.4 is 11.3 Å². The Bertz CT molecular complexity index is 415. The fourth-order valence-corrected chi connectivity index (χ4v) is 2.98. The van der Waals surface area contributed by atoms with E-state index >= 15 is 0 Å². The van der Waals surface area contributed by atoms with Gasteiger partial charge in [-0.1, -0.05) is 18.5 Å². The molecule has 0 aliphatic carbocycles. The van der Waals surface area contributed by atoms with E-state index in [1.165, 1.54) is 0 Å². The monoisotopic (exact) mass is 286 g/mol. The summed E-state index contributed by atoms with van der Waals surface area (Å²) >= 11 is 6.42. The molecule has 0 saturated carbocycles. The minimum absolute atomic E-state index is 0.0895. The molecule has 2 heterocycles. The molecule has 5 nitrogen and oxygen atoms in total. The Morgan fingerprint density at radius 1 is 1.58 bits per heavy atom. The van der Waals surface area contributed by atoms with Crippen LogP contribution in [-0.4, -0.2) is 28.5 Å². The van der Waals surface area contributed by atoms with Crippen molar-refractivity contribution >= 4 is 11.6 Å². The van der Waals surface area contributed by atoms with Crippen molar-refractivity contribution < 1.29 is 4.74 Å². The number of aromatic nitrogens is 2. The molecule has 1 fully saturated rings. The van der Waals surface area contributed by atoms with Gasteiger partial charge in [0.2, 0.25) is 0 Å². The Hall–Kier alpha value is -0.620. The number of nitrogens with one attached hydrogen (secondary N) is 1. The summed E-state index contributed by atoms with van der Waals surface area (Å²) in [5.41, 5.74) is 4.89. The molecule has 1 saturated heterocycles. The molecule has 0 bridgehead atoms. The van der Waals surface area contributed by atoms with Gasteiger partial charge >= 0.3 is 0 Å². The van der Waals surface area contributed by atoms with E-state index in [1.54, 1.807) is 0 Å². The first-order valence-corrected chi connectivity index (χ1v) is 7.40. The lowest BCUT2D eigenvalue weighted by molar-refractivity contribution is 0.0778. The number of nitrogens with zero attached hydrogens (tertiary/aromatic N) is 2. The van der Waals surface area contributed by atoms with Crippen molar-refractivity contribution in [2.45, 2.75) is 58.2 Å². The highest BCUT2D eigenvalue weighted by atomic mass is 35.5. The van der Waals surface area contributed by atoms with E-state index < -0.39 is 0 Å². The van der Waals surface area contributed by atoms with Crippen LogP contribution in [0.3, 0.4) is 0 Å². The smallest absolute Gasteiger partial charge is 0.0850 e. The second-order valence-corrected chi connectivity index (χ2v) is 5.28. The first-order chi connectivity index (χ1) is 9.21. The second-order valence-electron chi connectivity index (χ2n) is 4.91. The molecule has 2 atom stereocenters. The lowest BCUT2D eigenvalue weighted by Crippen LogP contribution is -2.45. The van der Waals surface area contributed by atoms with E-state index in [2.05, 4.69) is 24.4 Å². The minimum Gasteiger partial charge on any atom is -0.377 e. The predicted molar refractivity (Wildman–Crippen MR) is 76.1 cm³/mol. The third-order valence-corrected chi connectivity index (χ3v) is 4.17. The van der Waals surface area contributed by atoms with Gasteiger partial charge in [-0.15, -0.1) is 0 Å². The standard InChI is InChI=1S/C13H23ClN4O/c1-3-9-13(14)11(18(4-2)17-9)8-10(16-15)12-6-5-7-19-12/h10,12,16H,3-8,15H2,1-2H3. The number of rotatable bonds is 6. The number of hydrazine groups is 1. The Balaban J connectivity index is 2.18. The molecule has 108 valence electrons. The summed E-state index contributed by atoms with van der Waals surface area (Å²) < 4.78 is 7.68. The average Bonchev–Trinajstić information content (AvgIpc) is 3.04. The zero-order valence-electron chi connectivity index (χ0n) is 11.7. The van der Waals surface area contributed by atoms with Gasteiger partial charge in [0.15, 0.2) is 0 Å². The quantitative estimate of drug-likeness (QED) is 0.617. The van der Waals surface area contributed by atoms with Crippen molar-refractivity contribution in [3.8, 4) is 0 Å². The summed E-state index contributed by atoms with van der Waals surface area (Å²) in [6.45, 7) is 5.78. The number of halogens is 1. The minimum atomic E-state index is 0.0895. The molecule has 3 N–H and O–H groups in total. The molecule has 0 spiro atoms. The molecule has 2 rings (SSSR count). The maximum atomic E-state index is 6.42. The van der Waals surface area contributed by atoms with Crippen LogP contribution in [0.25, 0.3) is 0 Å². The maximum Gasteiger partial charge on any atom is 0.0850 e. The average molecular weight is 287 g/mol. The topological polar surface area (TPSA) is 65.1 Å². The normalized spacial score (nSPS) is 20.9. The van der Waals surface area contributed by atoms with Crippen molar-refractivity contribution in [1.29, 1.82) is 0 Å². The molecular weight excluding hydrogens is 264 g/mol. The largest absolute Gasteiger partial charge is 0.377 e. The van der Waals surface area contributed by atoms with Crippen molar-refractivity contribution in [2.24, 2.45) is 5.84 Å². The Labute approximate surface area is 119 Å². The third-order valence-electron chi connectivity index (χ3n) is 3.74. The van der Waals surface area contributed by atoms with Gasteiger partial charge in [-0.25, -0.2) is 0 Å². The SMILES string of the molecule is CCc1nn(CC)c(CC(NN)C2CCCO2)c1Cl. The second kappa shape index (κ2) is 6.70. The van der Waals surface area contributed by atoms with Crippen LogP contribution in [0.4, 0.5) is 0 Å². The van der Waals surface area contributed by atoms with Crippen molar-refractivity contribution in [3.63, 3.8) is 0 Å². The maximum absolute atomic E-state index is 6.42. The van der Waals surface area contributed by atoms with E-state index in [0.717, 1.165) is 55.2 Å². The summed E-state index contributed by atoms with van der Waals surface area (Å²) in [5.74, 6) is 5.68. The van der Waals surface area contributed by atoms with E-state index in [1.807, 2.05) is 4.68 Å². The Morgan fingerprint density at radius 3 is 2.89 bits per heavy atom. The zero-order valence-corrected chi connectivity index (χ0v) is 12.4. The van der Waals surface area contributed by atoms with Gasteiger partial charge in [0.25, 0.3) is 0 Å². The lowest BCUT2D eigenvalue weighted by atomic mass is 10.0. The molecule has 1 aliphatic rings. The highest BCUT2D eigenvalue weighted by Crippen LogP contribution is 2.25. The Kier molecular flexibility index (Phi) is 5.21. The van der Waals surface area contributed by atoms with Crippen LogP contribution >= 0.6 is 11.6 Å². The molecule has 0 radical (unpaired) electrons. The summed E-state index contributed by atoms with van der Waals surface area (Å²) in [7, 11) is 0. The van der Waals surface area contributed by atoms with Crippen LogP contribution in [0.5, 0.6) is 0 Å². The summed E-state index contributed by atoms with van der Waals surface area (Å²) in [5, 5.41) is 5.32. The molecular formula is C13H23ClN4O. The predicted octanol–water partition coefficient (Wildman–Crippen LogP) is 1.67. The first kappa shape index (κ1) is 14.8. The zero-order chi connectivity index (χ0) is 13.8. The van der Waals surface area contributed by atoms with Crippen molar-refractivity contribution in [3.05, 3.63) is 16.4 Å². The van der Waals surface area contributed by atoms with Crippen LogP contribution in [0.15, 0.2) is 0 Å². The van der Waals surface area contributed by atoms with E-state index in [9.17, 15) is 0 Å². The summed E-state index contributed by atoms with van der Waals surface area (Å²) in [4.78, 5) is 0. The highest BCUT2D eigenvalue weighted by molar-refractivity contribution is 6.31. The Morgan fingerprint density at radius 2 is 2.37 bits per heavy atom. The molecule has 2 unspecified atom stereocenters. The fraction of sp³-hybridized carbons (Fsp3) is 0.769. The number of ether oxygens (including phenoxy) is 1. The molecule has 1 aliphatic heterocycles. The van der Waals surface area contributed by atoms with E-state index in [0.29, 0.717) is 0 Å². The van der Waals surface area contributed by atoms with Gasteiger partial charge in [-0.3, -0.25) is 16.0 Å².